The van der Waals surface area contributed by atoms with Gasteiger partial charge in [0.25, 0.3) is 5.91 Å². The van der Waals surface area contributed by atoms with Crippen LogP contribution in [0.4, 0.5) is 5.82 Å². The third-order valence-corrected chi connectivity index (χ3v) is 6.42. The van der Waals surface area contributed by atoms with Gasteiger partial charge in [0.15, 0.2) is 5.82 Å². The zero-order chi connectivity index (χ0) is 22.9. The average molecular weight is 463 g/mol. The zero-order valence-corrected chi connectivity index (χ0v) is 19.6. The molecule has 2 aliphatic heterocycles. The SMILES string of the molecule is C[C@@H]1CN(c2nc(-c3ccccc3)nc3c2CN(C(=O)c2ccc(Cl)cc2)CC3)C[C@@H](C)O1. The summed E-state index contributed by atoms with van der Waals surface area (Å²) in [6, 6.07) is 17.1. The first-order chi connectivity index (χ1) is 16.0. The molecule has 170 valence electrons. The number of carbonyl (C=O) groups is 1. The molecule has 3 heterocycles. The van der Waals surface area contributed by atoms with Crippen LogP contribution in [0.2, 0.25) is 5.02 Å². The first-order valence-electron chi connectivity index (χ1n) is 11.4. The van der Waals surface area contributed by atoms with Crippen molar-refractivity contribution >= 4 is 23.3 Å². The van der Waals surface area contributed by atoms with Gasteiger partial charge < -0.3 is 14.5 Å². The van der Waals surface area contributed by atoms with Crippen molar-refractivity contribution < 1.29 is 9.53 Å². The standard InChI is InChI=1S/C26H27ClN4O2/c1-17-14-31(15-18(2)33-17)25-22-16-30(26(32)20-8-10-21(27)11-9-20)13-12-23(22)28-24(29-25)19-6-4-3-5-7-19/h3-11,17-18H,12-16H2,1-2H3/t17-,18-/m1/s1. The summed E-state index contributed by atoms with van der Waals surface area (Å²) < 4.78 is 5.96. The van der Waals surface area contributed by atoms with E-state index in [0.717, 1.165) is 41.6 Å². The molecule has 0 bridgehead atoms. The Bertz CT molecular complexity index is 1140. The number of hydrogen-bond donors (Lipinski definition) is 0. The van der Waals surface area contributed by atoms with Crippen molar-refractivity contribution in [2.24, 2.45) is 0 Å². The van der Waals surface area contributed by atoms with Crippen LogP contribution in [0.3, 0.4) is 0 Å². The van der Waals surface area contributed by atoms with Crippen LogP contribution >= 0.6 is 11.6 Å². The van der Waals surface area contributed by atoms with E-state index in [1.165, 1.54) is 0 Å². The summed E-state index contributed by atoms with van der Waals surface area (Å²) >= 11 is 6.01. The molecule has 0 N–H and O–H groups in total. The van der Waals surface area contributed by atoms with Gasteiger partial charge in [-0.15, -0.1) is 0 Å². The Morgan fingerprint density at radius 2 is 1.70 bits per heavy atom. The largest absolute Gasteiger partial charge is 0.372 e. The number of nitrogens with zero attached hydrogens (tertiary/aromatic N) is 4. The molecule has 2 atom stereocenters. The Hall–Kier alpha value is -2.96. The maximum atomic E-state index is 13.2. The smallest absolute Gasteiger partial charge is 0.254 e. The van der Waals surface area contributed by atoms with Crippen LogP contribution in [0.25, 0.3) is 11.4 Å². The highest BCUT2D eigenvalue weighted by Gasteiger charge is 2.31. The molecule has 0 aliphatic carbocycles. The zero-order valence-electron chi connectivity index (χ0n) is 18.9. The fraction of sp³-hybridized carbons (Fsp3) is 0.346. The number of hydrogen-bond acceptors (Lipinski definition) is 5. The van der Waals surface area contributed by atoms with Crippen molar-refractivity contribution in [2.75, 3.05) is 24.5 Å². The number of halogens is 1. The molecule has 1 fully saturated rings. The normalized spacial score (nSPS) is 20.5. The number of morpholine rings is 1. The number of carbonyl (C=O) groups excluding carboxylic acids is 1. The summed E-state index contributed by atoms with van der Waals surface area (Å²) in [5, 5.41) is 0.621. The van der Waals surface area contributed by atoms with Crippen LogP contribution in [0, 0.1) is 0 Å². The quantitative estimate of drug-likeness (QED) is 0.569. The van der Waals surface area contributed by atoms with Crippen LogP contribution in [0.1, 0.15) is 35.5 Å². The highest BCUT2D eigenvalue weighted by Crippen LogP contribution is 2.32. The Kier molecular flexibility index (Phi) is 6.04. The average Bonchev–Trinajstić information content (AvgIpc) is 2.83. The summed E-state index contributed by atoms with van der Waals surface area (Å²) in [6.07, 6.45) is 0.907. The maximum absolute atomic E-state index is 13.2. The van der Waals surface area contributed by atoms with E-state index in [-0.39, 0.29) is 18.1 Å². The third kappa shape index (κ3) is 4.59. The maximum Gasteiger partial charge on any atom is 0.254 e. The Morgan fingerprint density at radius 1 is 1.00 bits per heavy atom. The number of rotatable bonds is 3. The number of amides is 1. The predicted octanol–water partition coefficient (Wildman–Crippen LogP) is 4.61. The molecule has 1 amide bonds. The van der Waals surface area contributed by atoms with Crippen molar-refractivity contribution in [3.05, 3.63) is 76.4 Å². The molecular weight excluding hydrogens is 436 g/mol. The number of benzene rings is 2. The molecule has 33 heavy (non-hydrogen) atoms. The molecule has 0 spiro atoms. The Balaban J connectivity index is 1.53. The van der Waals surface area contributed by atoms with Crippen molar-refractivity contribution in [2.45, 2.75) is 39.0 Å². The molecule has 0 radical (unpaired) electrons. The van der Waals surface area contributed by atoms with Gasteiger partial charge in [-0.05, 0) is 38.1 Å². The second kappa shape index (κ2) is 9.12. The number of anilines is 1. The van der Waals surface area contributed by atoms with Gasteiger partial charge in [0.2, 0.25) is 0 Å². The fourth-order valence-corrected chi connectivity index (χ4v) is 4.80. The summed E-state index contributed by atoms with van der Waals surface area (Å²) in [7, 11) is 0. The predicted molar refractivity (Wildman–Crippen MR) is 130 cm³/mol. The summed E-state index contributed by atoms with van der Waals surface area (Å²) in [5.74, 6) is 1.64. The minimum atomic E-state index is -0.000818. The summed E-state index contributed by atoms with van der Waals surface area (Å²) in [5.41, 5.74) is 3.69. The van der Waals surface area contributed by atoms with Gasteiger partial charge in [-0.1, -0.05) is 41.9 Å². The highest BCUT2D eigenvalue weighted by molar-refractivity contribution is 6.30. The second-order valence-electron chi connectivity index (χ2n) is 8.81. The van der Waals surface area contributed by atoms with Crippen molar-refractivity contribution in [1.29, 1.82) is 0 Å². The van der Waals surface area contributed by atoms with Gasteiger partial charge in [0.1, 0.15) is 5.82 Å². The molecule has 2 aliphatic rings. The topological polar surface area (TPSA) is 58.6 Å². The minimum Gasteiger partial charge on any atom is -0.372 e. The lowest BCUT2D eigenvalue weighted by molar-refractivity contribution is -0.00558. The summed E-state index contributed by atoms with van der Waals surface area (Å²) in [6.45, 7) is 6.80. The lowest BCUT2D eigenvalue weighted by Gasteiger charge is -2.39. The monoisotopic (exact) mass is 462 g/mol. The van der Waals surface area contributed by atoms with E-state index in [4.69, 9.17) is 26.3 Å². The van der Waals surface area contributed by atoms with Crippen LogP contribution in [-0.4, -0.2) is 52.6 Å². The van der Waals surface area contributed by atoms with Gasteiger partial charge in [0.05, 0.1) is 24.4 Å². The van der Waals surface area contributed by atoms with Gasteiger partial charge in [0, 0.05) is 47.8 Å². The lowest BCUT2D eigenvalue weighted by Crippen LogP contribution is -2.47. The van der Waals surface area contributed by atoms with E-state index in [9.17, 15) is 4.79 Å². The fourth-order valence-electron chi connectivity index (χ4n) is 4.67. The van der Waals surface area contributed by atoms with Crippen LogP contribution in [0.5, 0.6) is 0 Å². The van der Waals surface area contributed by atoms with Crippen molar-refractivity contribution in [1.82, 2.24) is 14.9 Å². The highest BCUT2D eigenvalue weighted by atomic mass is 35.5. The van der Waals surface area contributed by atoms with Gasteiger partial charge in [-0.2, -0.15) is 0 Å². The van der Waals surface area contributed by atoms with Crippen molar-refractivity contribution in [3.63, 3.8) is 0 Å². The molecular formula is C26H27ClN4O2. The van der Waals surface area contributed by atoms with Gasteiger partial charge in [-0.3, -0.25) is 4.79 Å². The van der Waals surface area contributed by atoms with Gasteiger partial charge in [-0.25, -0.2) is 9.97 Å². The molecule has 2 aromatic carbocycles. The Morgan fingerprint density at radius 3 is 2.39 bits per heavy atom. The lowest BCUT2D eigenvalue weighted by atomic mass is 10.0. The molecule has 0 saturated carbocycles. The third-order valence-electron chi connectivity index (χ3n) is 6.17. The second-order valence-corrected chi connectivity index (χ2v) is 9.24. The van der Waals surface area contributed by atoms with Crippen LogP contribution in [0.15, 0.2) is 54.6 Å². The molecule has 3 aromatic rings. The minimum absolute atomic E-state index is 0.000818. The first-order valence-corrected chi connectivity index (χ1v) is 11.8. The van der Waals surface area contributed by atoms with E-state index in [1.807, 2.05) is 35.2 Å². The van der Waals surface area contributed by atoms with Crippen LogP contribution < -0.4 is 4.90 Å². The molecule has 0 unspecified atom stereocenters. The van der Waals surface area contributed by atoms with Crippen molar-refractivity contribution in [3.8, 4) is 11.4 Å². The molecule has 7 heteroatoms. The van der Waals surface area contributed by atoms with E-state index >= 15 is 0 Å². The Labute approximate surface area is 199 Å². The van der Waals surface area contributed by atoms with E-state index in [2.05, 4.69) is 18.7 Å². The number of ether oxygens (including phenoxy) is 1. The summed E-state index contributed by atoms with van der Waals surface area (Å²) in [4.78, 5) is 27.3. The molecule has 1 aromatic heterocycles. The van der Waals surface area contributed by atoms with Crippen LogP contribution in [-0.2, 0) is 17.7 Å². The van der Waals surface area contributed by atoms with Gasteiger partial charge >= 0.3 is 0 Å². The number of fused-ring (bicyclic) bond motifs is 1. The number of aromatic nitrogens is 2. The molecule has 5 rings (SSSR count). The van der Waals surface area contributed by atoms with E-state index < -0.39 is 0 Å². The van der Waals surface area contributed by atoms with E-state index in [1.54, 1.807) is 24.3 Å². The first kappa shape index (κ1) is 21.9. The molecule has 1 saturated heterocycles. The van der Waals surface area contributed by atoms with E-state index in [0.29, 0.717) is 30.1 Å². The molecule has 6 nitrogen and oxygen atoms in total.